The average Bonchev–Trinajstić information content (AvgIpc) is 2.41. The van der Waals surface area contributed by atoms with Crippen molar-refractivity contribution in [3.05, 3.63) is 35.5 Å². The van der Waals surface area contributed by atoms with E-state index in [9.17, 15) is 0 Å². The van der Waals surface area contributed by atoms with Crippen molar-refractivity contribution in [1.29, 1.82) is 0 Å². The van der Waals surface area contributed by atoms with Crippen molar-refractivity contribution >= 4 is 0 Å². The van der Waals surface area contributed by atoms with Gasteiger partial charge in [0.2, 0.25) is 0 Å². The summed E-state index contributed by atoms with van der Waals surface area (Å²) < 4.78 is 0. The van der Waals surface area contributed by atoms with E-state index in [1.807, 2.05) is 0 Å². The van der Waals surface area contributed by atoms with Crippen LogP contribution in [0.5, 0.6) is 0 Å². The average molecular weight is 216 g/mol. The molecule has 0 nitrogen and oxygen atoms in total. The number of hydrogen-bond acceptors (Lipinski definition) is 0. The second-order valence-electron chi connectivity index (χ2n) is 5.97. The Hall–Kier alpha value is -0.780. The number of allylic oxidation sites excluding steroid dienone is 5. The molecule has 0 N–H and O–H groups in total. The van der Waals surface area contributed by atoms with Gasteiger partial charge in [0, 0.05) is 11.3 Å². The summed E-state index contributed by atoms with van der Waals surface area (Å²) >= 11 is 0. The third kappa shape index (κ3) is 1.59. The van der Waals surface area contributed by atoms with Crippen LogP contribution in [-0.2, 0) is 0 Å². The maximum atomic E-state index is 4.38. The van der Waals surface area contributed by atoms with Crippen LogP contribution in [0, 0.1) is 17.3 Å². The third-order valence-corrected chi connectivity index (χ3v) is 4.41. The summed E-state index contributed by atoms with van der Waals surface area (Å²) in [5, 5.41) is 0. The molecule has 0 amide bonds. The van der Waals surface area contributed by atoms with Gasteiger partial charge in [0.15, 0.2) is 0 Å². The molecule has 2 rings (SSSR count). The normalized spacial score (nSPS) is 32.1. The molecule has 0 bridgehead atoms. The molecule has 88 valence electrons. The van der Waals surface area contributed by atoms with Crippen molar-refractivity contribution in [2.75, 3.05) is 0 Å². The SMILES string of the molecule is C=C1C(CCC)C2=C(CC(C)C=C2)C1(C)C. The van der Waals surface area contributed by atoms with E-state index >= 15 is 0 Å². The van der Waals surface area contributed by atoms with Crippen molar-refractivity contribution in [3.8, 4) is 0 Å². The molecule has 0 saturated heterocycles. The Kier molecular flexibility index (Phi) is 2.86. The zero-order valence-corrected chi connectivity index (χ0v) is 11.1. The molecule has 0 aromatic rings. The molecule has 0 radical (unpaired) electrons. The van der Waals surface area contributed by atoms with Gasteiger partial charge in [0.05, 0.1) is 0 Å². The van der Waals surface area contributed by atoms with E-state index in [4.69, 9.17) is 0 Å². The van der Waals surface area contributed by atoms with Gasteiger partial charge in [-0.25, -0.2) is 0 Å². The predicted molar refractivity (Wildman–Crippen MR) is 71.3 cm³/mol. The van der Waals surface area contributed by atoms with E-state index < -0.39 is 0 Å². The minimum Gasteiger partial charge on any atom is -0.0984 e. The minimum atomic E-state index is 0.230. The van der Waals surface area contributed by atoms with Gasteiger partial charge in [0.25, 0.3) is 0 Å². The number of rotatable bonds is 2. The summed E-state index contributed by atoms with van der Waals surface area (Å²) in [4.78, 5) is 0. The van der Waals surface area contributed by atoms with E-state index in [0.717, 1.165) is 0 Å². The molecular formula is C16H24. The highest BCUT2D eigenvalue weighted by atomic mass is 14.5. The molecule has 2 unspecified atom stereocenters. The van der Waals surface area contributed by atoms with Crippen LogP contribution in [0.4, 0.5) is 0 Å². The standard InChI is InChI=1S/C16H24/c1-6-7-13-12(3)16(4,5)15-10-11(2)8-9-14(13)15/h8-9,11,13H,3,6-7,10H2,1-2,4-5H3. The second kappa shape index (κ2) is 3.91. The molecule has 2 aliphatic rings. The molecule has 16 heavy (non-hydrogen) atoms. The van der Waals surface area contributed by atoms with Crippen LogP contribution >= 0.6 is 0 Å². The van der Waals surface area contributed by atoms with Crippen molar-refractivity contribution in [1.82, 2.24) is 0 Å². The van der Waals surface area contributed by atoms with Gasteiger partial charge in [-0.3, -0.25) is 0 Å². The van der Waals surface area contributed by atoms with Crippen LogP contribution < -0.4 is 0 Å². The van der Waals surface area contributed by atoms with E-state index in [-0.39, 0.29) is 5.41 Å². The molecule has 0 aliphatic heterocycles. The fourth-order valence-electron chi connectivity index (χ4n) is 3.25. The summed E-state index contributed by atoms with van der Waals surface area (Å²) in [5.74, 6) is 1.32. The van der Waals surface area contributed by atoms with Crippen LogP contribution in [0.25, 0.3) is 0 Å². The van der Waals surface area contributed by atoms with Crippen LogP contribution in [0.15, 0.2) is 35.5 Å². The summed E-state index contributed by atoms with van der Waals surface area (Å²) in [7, 11) is 0. The maximum Gasteiger partial charge on any atom is 0.00737 e. The first-order valence-corrected chi connectivity index (χ1v) is 6.59. The predicted octanol–water partition coefficient (Wildman–Crippen LogP) is 4.89. The smallest absolute Gasteiger partial charge is 0.00737 e. The summed E-state index contributed by atoms with van der Waals surface area (Å²) in [6, 6.07) is 0. The van der Waals surface area contributed by atoms with E-state index in [1.165, 1.54) is 24.8 Å². The van der Waals surface area contributed by atoms with Crippen LogP contribution in [-0.4, -0.2) is 0 Å². The van der Waals surface area contributed by atoms with Crippen LogP contribution in [0.2, 0.25) is 0 Å². The molecule has 2 atom stereocenters. The largest absolute Gasteiger partial charge is 0.0984 e. The lowest BCUT2D eigenvalue weighted by Gasteiger charge is -2.27. The quantitative estimate of drug-likeness (QED) is 0.576. The molecule has 0 fully saturated rings. The zero-order valence-electron chi connectivity index (χ0n) is 11.1. The fourth-order valence-corrected chi connectivity index (χ4v) is 3.25. The first kappa shape index (κ1) is 11.7. The molecule has 0 aromatic carbocycles. The Morgan fingerprint density at radius 1 is 1.44 bits per heavy atom. The molecule has 0 saturated carbocycles. The van der Waals surface area contributed by atoms with Gasteiger partial charge >= 0.3 is 0 Å². The van der Waals surface area contributed by atoms with Gasteiger partial charge < -0.3 is 0 Å². The molecule has 0 aromatic heterocycles. The van der Waals surface area contributed by atoms with Gasteiger partial charge in [0.1, 0.15) is 0 Å². The lowest BCUT2D eigenvalue weighted by Crippen LogP contribution is -2.16. The summed E-state index contributed by atoms with van der Waals surface area (Å²) in [6.07, 6.45) is 8.50. The highest BCUT2D eigenvalue weighted by Crippen LogP contribution is 2.54. The first-order valence-electron chi connectivity index (χ1n) is 6.59. The monoisotopic (exact) mass is 216 g/mol. The van der Waals surface area contributed by atoms with Gasteiger partial charge in [-0.15, -0.1) is 0 Å². The van der Waals surface area contributed by atoms with Crippen molar-refractivity contribution in [2.24, 2.45) is 17.3 Å². The molecule has 0 heteroatoms. The second-order valence-corrected chi connectivity index (χ2v) is 5.97. The molecule has 0 spiro atoms. The maximum absolute atomic E-state index is 4.38. The fraction of sp³-hybridized carbons (Fsp3) is 0.625. The van der Waals surface area contributed by atoms with Crippen molar-refractivity contribution < 1.29 is 0 Å². The van der Waals surface area contributed by atoms with Crippen LogP contribution in [0.1, 0.15) is 47.0 Å². The number of hydrogen-bond donors (Lipinski definition) is 0. The van der Waals surface area contributed by atoms with Gasteiger partial charge in [-0.2, -0.15) is 0 Å². The minimum absolute atomic E-state index is 0.230. The Balaban J connectivity index is 2.40. The lowest BCUT2D eigenvalue weighted by atomic mass is 9.77. The molecule has 0 heterocycles. The summed E-state index contributed by atoms with van der Waals surface area (Å²) in [5.41, 5.74) is 4.92. The van der Waals surface area contributed by atoms with Gasteiger partial charge in [-0.05, 0) is 24.3 Å². The zero-order chi connectivity index (χ0) is 11.9. The van der Waals surface area contributed by atoms with E-state index in [0.29, 0.717) is 11.8 Å². The first-order chi connectivity index (χ1) is 7.48. The summed E-state index contributed by atoms with van der Waals surface area (Å²) in [6.45, 7) is 13.7. The molecular weight excluding hydrogens is 192 g/mol. The van der Waals surface area contributed by atoms with Crippen LogP contribution in [0.3, 0.4) is 0 Å². The van der Waals surface area contributed by atoms with Gasteiger partial charge in [-0.1, -0.05) is 64.0 Å². The Morgan fingerprint density at radius 2 is 2.12 bits per heavy atom. The Labute approximate surface area is 100 Å². The lowest BCUT2D eigenvalue weighted by molar-refractivity contribution is 0.484. The van der Waals surface area contributed by atoms with E-state index in [1.54, 1.807) is 11.1 Å². The topological polar surface area (TPSA) is 0 Å². The van der Waals surface area contributed by atoms with Crippen molar-refractivity contribution in [2.45, 2.75) is 47.0 Å². The third-order valence-electron chi connectivity index (χ3n) is 4.41. The van der Waals surface area contributed by atoms with E-state index in [2.05, 4.69) is 46.4 Å². The highest BCUT2D eigenvalue weighted by molar-refractivity contribution is 5.50. The highest BCUT2D eigenvalue weighted by Gasteiger charge is 2.41. The van der Waals surface area contributed by atoms with Crippen molar-refractivity contribution in [3.63, 3.8) is 0 Å². The Bertz CT molecular complexity index is 365. The molecule has 2 aliphatic carbocycles. The Morgan fingerprint density at radius 3 is 2.75 bits per heavy atom.